The monoisotopic (exact) mass is 487 g/mol. The molecule has 5 nitrogen and oxygen atoms in total. The summed E-state index contributed by atoms with van der Waals surface area (Å²) >= 11 is 6.09. The number of likely N-dealkylation sites (tertiary alicyclic amines) is 1. The second-order valence-corrected chi connectivity index (χ2v) is 7.45. The number of carbonyl (C=O) groups is 1. The first-order valence-corrected chi connectivity index (χ1v) is 11.5. The SMILES string of the molecule is CC.CC.CN1CCCC(NC(=O)c2cc(Cl)nc(-c3ccc(OCC(F)(F)F)cc3)c2)C1. The zero-order valence-electron chi connectivity index (χ0n) is 19.8. The number of piperidine rings is 1. The van der Waals surface area contributed by atoms with Gasteiger partial charge >= 0.3 is 6.18 Å². The number of amides is 1. The van der Waals surface area contributed by atoms with E-state index in [1.54, 1.807) is 18.2 Å². The van der Waals surface area contributed by atoms with Crippen LogP contribution in [0.25, 0.3) is 11.3 Å². The molecule has 1 aliphatic rings. The normalized spacial score (nSPS) is 16.0. The molecule has 9 heteroatoms. The van der Waals surface area contributed by atoms with Crippen LogP contribution in [0.3, 0.4) is 0 Å². The number of hydrogen-bond acceptors (Lipinski definition) is 4. The highest BCUT2D eigenvalue weighted by molar-refractivity contribution is 6.30. The number of pyridine rings is 1. The number of benzene rings is 1. The summed E-state index contributed by atoms with van der Waals surface area (Å²) in [7, 11) is 2.02. The Balaban J connectivity index is 0.00000129. The van der Waals surface area contributed by atoms with Crippen LogP contribution in [0.4, 0.5) is 13.2 Å². The van der Waals surface area contributed by atoms with Crippen LogP contribution in [0.1, 0.15) is 50.9 Å². The van der Waals surface area contributed by atoms with Crippen molar-refractivity contribution in [1.82, 2.24) is 15.2 Å². The van der Waals surface area contributed by atoms with Crippen molar-refractivity contribution in [3.05, 3.63) is 47.1 Å². The van der Waals surface area contributed by atoms with Crippen molar-refractivity contribution >= 4 is 17.5 Å². The molecule has 0 spiro atoms. The molecule has 1 aliphatic heterocycles. The first kappa shape index (κ1) is 28.7. The van der Waals surface area contributed by atoms with Crippen molar-refractivity contribution in [2.24, 2.45) is 0 Å². The number of aromatic nitrogens is 1. The summed E-state index contributed by atoms with van der Waals surface area (Å²) < 4.78 is 41.4. The van der Waals surface area contributed by atoms with E-state index in [2.05, 4.69) is 15.2 Å². The number of nitrogens with zero attached hydrogens (tertiary/aromatic N) is 2. The summed E-state index contributed by atoms with van der Waals surface area (Å²) in [5.74, 6) is -0.145. The number of alkyl halides is 3. The minimum atomic E-state index is -4.40. The number of ether oxygens (including phenoxy) is 1. The number of hydrogen-bond donors (Lipinski definition) is 1. The first-order valence-electron chi connectivity index (χ1n) is 11.2. The Morgan fingerprint density at radius 1 is 1.18 bits per heavy atom. The van der Waals surface area contributed by atoms with Gasteiger partial charge in [-0.2, -0.15) is 13.2 Å². The number of likely N-dealkylation sites (N-methyl/N-ethyl adjacent to an activating group) is 1. The molecular formula is C24H33ClF3N3O2. The minimum absolute atomic E-state index is 0.0710. The van der Waals surface area contributed by atoms with Gasteiger partial charge in [-0.15, -0.1) is 0 Å². The lowest BCUT2D eigenvalue weighted by molar-refractivity contribution is -0.153. The molecule has 1 aromatic heterocycles. The average Bonchev–Trinajstić information content (AvgIpc) is 2.80. The van der Waals surface area contributed by atoms with E-state index in [9.17, 15) is 18.0 Å². The lowest BCUT2D eigenvalue weighted by Gasteiger charge is -2.30. The maximum atomic E-state index is 12.6. The second kappa shape index (κ2) is 14.1. The topological polar surface area (TPSA) is 54.5 Å². The lowest BCUT2D eigenvalue weighted by Crippen LogP contribution is -2.46. The fraction of sp³-hybridized carbons (Fsp3) is 0.500. The molecule has 1 amide bonds. The highest BCUT2D eigenvalue weighted by atomic mass is 35.5. The molecule has 1 aromatic carbocycles. The lowest BCUT2D eigenvalue weighted by atomic mass is 10.0. The van der Waals surface area contributed by atoms with E-state index in [1.807, 2.05) is 34.7 Å². The molecule has 0 aliphatic carbocycles. The Morgan fingerprint density at radius 3 is 2.39 bits per heavy atom. The average molecular weight is 488 g/mol. The summed E-state index contributed by atoms with van der Waals surface area (Å²) in [5.41, 5.74) is 1.44. The third kappa shape index (κ3) is 10.0. The Hall–Kier alpha value is -2.32. The summed E-state index contributed by atoms with van der Waals surface area (Å²) in [6.07, 6.45) is -2.46. The number of rotatable bonds is 5. The molecule has 1 atom stereocenters. The zero-order chi connectivity index (χ0) is 25.0. The van der Waals surface area contributed by atoms with Crippen LogP contribution >= 0.6 is 11.6 Å². The summed E-state index contributed by atoms with van der Waals surface area (Å²) in [6.45, 7) is 8.44. The van der Waals surface area contributed by atoms with Crippen LogP contribution in [-0.2, 0) is 0 Å². The van der Waals surface area contributed by atoms with Crippen molar-refractivity contribution in [2.45, 2.75) is 52.8 Å². The Bertz CT molecular complexity index is 861. The van der Waals surface area contributed by atoms with Crippen molar-refractivity contribution in [2.75, 3.05) is 26.7 Å². The maximum Gasteiger partial charge on any atom is 0.422 e. The van der Waals surface area contributed by atoms with E-state index in [0.717, 1.165) is 25.9 Å². The molecule has 1 unspecified atom stereocenters. The van der Waals surface area contributed by atoms with Crippen LogP contribution in [-0.4, -0.2) is 54.8 Å². The van der Waals surface area contributed by atoms with Gasteiger partial charge in [0.25, 0.3) is 5.91 Å². The van der Waals surface area contributed by atoms with Gasteiger partial charge < -0.3 is 15.0 Å². The smallest absolute Gasteiger partial charge is 0.422 e. The van der Waals surface area contributed by atoms with Crippen LogP contribution < -0.4 is 10.1 Å². The molecule has 3 rings (SSSR count). The number of nitrogens with one attached hydrogen (secondary N) is 1. The van der Waals surface area contributed by atoms with E-state index < -0.39 is 12.8 Å². The largest absolute Gasteiger partial charge is 0.484 e. The Morgan fingerprint density at radius 2 is 1.82 bits per heavy atom. The third-order valence-corrected chi connectivity index (χ3v) is 4.76. The van der Waals surface area contributed by atoms with E-state index >= 15 is 0 Å². The maximum absolute atomic E-state index is 12.6. The van der Waals surface area contributed by atoms with Gasteiger partial charge in [-0.05, 0) is 62.8 Å². The van der Waals surface area contributed by atoms with Crippen LogP contribution in [0.15, 0.2) is 36.4 Å². The van der Waals surface area contributed by atoms with Gasteiger partial charge in [0.15, 0.2) is 6.61 Å². The Kier molecular flexibility index (Phi) is 12.2. The minimum Gasteiger partial charge on any atom is -0.484 e. The fourth-order valence-corrected chi connectivity index (χ4v) is 3.42. The quantitative estimate of drug-likeness (QED) is 0.509. The molecule has 1 fully saturated rings. The fourth-order valence-electron chi connectivity index (χ4n) is 3.22. The van der Waals surface area contributed by atoms with Gasteiger partial charge in [-0.1, -0.05) is 39.3 Å². The molecule has 184 valence electrons. The molecule has 2 aromatic rings. The van der Waals surface area contributed by atoms with Crippen molar-refractivity contribution in [1.29, 1.82) is 0 Å². The van der Waals surface area contributed by atoms with Crippen molar-refractivity contribution < 1.29 is 22.7 Å². The second-order valence-electron chi connectivity index (χ2n) is 7.07. The van der Waals surface area contributed by atoms with Crippen molar-refractivity contribution in [3.8, 4) is 17.0 Å². The highest BCUT2D eigenvalue weighted by Crippen LogP contribution is 2.25. The molecule has 33 heavy (non-hydrogen) atoms. The molecule has 0 bridgehead atoms. The van der Waals surface area contributed by atoms with Crippen LogP contribution in [0, 0.1) is 0 Å². The van der Waals surface area contributed by atoms with E-state index in [4.69, 9.17) is 16.3 Å². The van der Waals surface area contributed by atoms with Gasteiger partial charge in [-0.3, -0.25) is 4.79 Å². The zero-order valence-corrected chi connectivity index (χ0v) is 20.6. The van der Waals surface area contributed by atoms with Gasteiger partial charge in [0.05, 0.1) is 5.69 Å². The summed E-state index contributed by atoms with van der Waals surface area (Å²) in [6, 6.07) is 9.15. The molecular weight excluding hydrogens is 455 g/mol. The molecule has 0 radical (unpaired) electrons. The summed E-state index contributed by atoms with van der Waals surface area (Å²) in [4.78, 5) is 19.0. The van der Waals surface area contributed by atoms with E-state index in [0.29, 0.717) is 16.8 Å². The van der Waals surface area contributed by atoms with E-state index in [1.165, 1.54) is 18.2 Å². The highest BCUT2D eigenvalue weighted by Gasteiger charge is 2.28. The molecule has 1 saturated heterocycles. The standard InChI is InChI=1S/C20H21ClF3N3O2.2C2H6/c1-27-8-2-3-15(11-27)25-19(28)14-9-17(26-18(21)10-14)13-4-6-16(7-5-13)29-12-20(22,23)24;2*1-2/h4-7,9-10,15H,2-3,8,11-12H2,1H3,(H,25,28);2*1-2H3. The first-order chi connectivity index (χ1) is 15.7. The Labute approximate surface area is 199 Å². The van der Waals surface area contributed by atoms with Gasteiger partial charge in [0.1, 0.15) is 10.9 Å². The third-order valence-electron chi connectivity index (χ3n) is 4.57. The number of halogens is 4. The predicted octanol–water partition coefficient (Wildman–Crippen LogP) is 6.22. The van der Waals surface area contributed by atoms with E-state index in [-0.39, 0.29) is 22.9 Å². The predicted molar refractivity (Wildman–Crippen MR) is 127 cm³/mol. The van der Waals surface area contributed by atoms with Crippen LogP contribution in [0.2, 0.25) is 5.15 Å². The molecule has 0 saturated carbocycles. The molecule has 1 N–H and O–H groups in total. The van der Waals surface area contributed by atoms with Gasteiger partial charge in [0.2, 0.25) is 0 Å². The van der Waals surface area contributed by atoms with Crippen LogP contribution in [0.5, 0.6) is 5.75 Å². The summed E-state index contributed by atoms with van der Waals surface area (Å²) in [5, 5.41) is 3.18. The van der Waals surface area contributed by atoms with Gasteiger partial charge in [0, 0.05) is 23.7 Å². The van der Waals surface area contributed by atoms with Crippen molar-refractivity contribution in [3.63, 3.8) is 0 Å². The molecule has 2 heterocycles. The number of carbonyl (C=O) groups excluding carboxylic acids is 1. The van der Waals surface area contributed by atoms with Gasteiger partial charge in [-0.25, -0.2) is 4.98 Å².